The third-order valence-corrected chi connectivity index (χ3v) is 11.0. The average molecular weight is 797 g/mol. The van der Waals surface area contributed by atoms with Gasteiger partial charge in [-0.25, -0.2) is 4.98 Å². The molecule has 0 unspecified atom stereocenters. The van der Waals surface area contributed by atoms with Crippen LogP contribution in [0, 0.1) is 5.92 Å². The van der Waals surface area contributed by atoms with Gasteiger partial charge in [-0.15, -0.1) is 11.8 Å². The van der Waals surface area contributed by atoms with Crippen LogP contribution in [0.15, 0.2) is 88.6 Å². The van der Waals surface area contributed by atoms with Gasteiger partial charge in [-0.3, -0.25) is 24.4 Å². The Labute approximate surface area is 327 Å². The summed E-state index contributed by atoms with van der Waals surface area (Å²) in [7, 11) is 0. The number of amides is 2. The normalized spacial score (nSPS) is 20.4. The molecule has 56 heavy (non-hydrogen) atoms. The maximum Gasteiger partial charge on any atom is 0.405 e. The summed E-state index contributed by atoms with van der Waals surface area (Å²) in [6.45, 7) is 2.76. The molecule has 4 aromatic rings. The molecule has 2 amide bonds. The Morgan fingerprint density at radius 3 is 2.55 bits per heavy atom. The van der Waals surface area contributed by atoms with Crippen molar-refractivity contribution in [3.8, 4) is 17.1 Å². The number of para-hydroxylation sites is 1. The van der Waals surface area contributed by atoms with Crippen LogP contribution in [0.2, 0.25) is 0 Å². The fourth-order valence-electron chi connectivity index (χ4n) is 7.24. The lowest BCUT2D eigenvalue weighted by molar-refractivity contribution is -0.144. The number of hydrogen-bond acceptors (Lipinski definition) is 11. The van der Waals surface area contributed by atoms with E-state index in [9.17, 15) is 33.0 Å². The number of carbonyl (C=O) groups excluding carboxylic acids is 2. The maximum absolute atomic E-state index is 14.0. The second-order valence-corrected chi connectivity index (χ2v) is 15.6. The predicted octanol–water partition coefficient (Wildman–Crippen LogP) is 4.58. The molecule has 1 fully saturated rings. The van der Waals surface area contributed by atoms with Crippen molar-refractivity contribution in [3.05, 3.63) is 96.3 Å². The van der Waals surface area contributed by atoms with E-state index in [0.29, 0.717) is 29.5 Å². The lowest BCUT2D eigenvalue weighted by atomic mass is 9.90. The van der Waals surface area contributed by atoms with Gasteiger partial charge in [0.15, 0.2) is 5.76 Å². The number of halogens is 3. The topological polar surface area (TPSA) is 153 Å². The van der Waals surface area contributed by atoms with E-state index < -0.39 is 54.4 Å². The zero-order valence-electron chi connectivity index (χ0n) is 31.4. The van der Waals surface area contributed by atoms with Crippen LogP contribution < -0.4 is 15.4 Å². The van der Waals surface area contributed by atoms with Crippen molar-refractivity contribution in [1.82, 2.24) is 30.4 Å². The number of piperazine rings is 1. The third kappa shape index (κ3) is 10.1. The lowest BCUT2D eigenvalue weighted by Gasteiger charge is -2.46. The number of β-amino-alcohol motifs (C(OH)–C–C–N with tert-alkyl or cyclic N) is 1. The average Bonchev–Trinajstić information content (AvgIpc) is 3.70. The first kappa shape index (κ1) is 41.2. The highest BCUT2D eigenvalue weighted by Crippen LogP contribution is 2.35. The highest BCUT2D eigenvalue weighted by atomic mass is 32.2. The monoisotopic (exact) mass is 796 g/mol. The van der Waals surface area contributed by atoms with E-state index in [4.69, 9.17) is 9.15 Å². The van der Waals surface area contributed by atoms with E-state index in [1.165, 1.54) is 11.8 Å². The second-order valence-electron chi connectivity index (χ2n) is 14.7. The fourth-order valence-corrected chi connectivity index (χ4v) is 7.65. The number of nitrogens with one attached hydrogen (secondary N) is 2. The Morgan fingerprint density at radius 1 is 1.05 bits per heavy atom. The quantitative estimate of drug-likeness (QED) is 0.133. The number of aliphatic hydroxyl groups excluding tert-OH is 2. The number of thioether (sulfide) groups is 1. The molecular formula is C40H47F3N6O6S. The zero-order valence-corrected chi connectivity index (χ0v) is 32.2. The molecule has 2 aliphatic heterocycles. The summed E-state index contributed by atoms with van der Waals surface area (Å²) in [4.78, 5) is 40.8. The molecule has 0 spiro atoms. The van der Waals surface area contributed by atoms with E-state index in [1.54, 1.807) is 47.8 Å². The summed E-state index contributed by atoms with van der Waals surface area (Å²) in [5.41, 5.74) is 1.36. The number of aliphatic hydroxyl groups is 2. The predicted molar refractivity (Wildman–Crippen MR) is 204 cm³/mol. The van der Waals surface area contributed by atoms with Gasteiger partial charge in [0, 0.05) is 60.5 Å². The van der Waals surface area contributed by atoms with Crippen LogP contribution in [0.25, 0.3) is 11.3 Å². The number of ether oxygens (including phenoxy) is 1. The van der Waals surface area contributed by atoms with Crippen LogP contribution in [0.3, 0.4) is 0 Å². The van der Waals surface area contributed by atoms with E-state index in [0.717, 1.165) is 16.0 Å². The molecule has 4 heterocycles. The summed E-state index contributed by atoms with van der Waals surface area (Å²) in [6.07, 6.45) is 0.444. The minimum absolute atomic E-state index is 0.00476. The van der Waals surface area contributed by atoms with Crippen molar-refractivity contribution in [2.24, 2.45) is 5.92 Å². The van der Waals surface area contributed by atoms with Crippen LogP contribution in [0.1, 0.15) is 43.3 Å². The minimum Gasteiger partial charge on any atom is -0.490 e. The zero-order chi connectivity index (χ0) is 40.0. The third-order valence-electron chi connectivity index (χ3n) is 10.4. The number of nitrogens with zero attached hydrogens (tertiary/aromatic N) is 4. The van der Waals surface area contributed by atoms with Gasteiger partial charge in [-0.2, -0.15) is 13.2 Å². The summed E-state index contributed by atoms with van der Waals surface area (Å²) < 4.78 is 51.7. The first-order valence-corrected chi connectivity index (χ1v) is 19.7. The van der Waals surface area contributed by atoms with Gasteiger partial charge < -0.3 is 30.0 Å². The van der Waals surface area contributed by atoms with Gasteiger partial charge in [0.25, 0.3) is 0 Å². The molecule has 2 aliphatic rings. The number of alkyl halides is 3. The molecule has 0 saturated carbocycles. The Balaban J connectivity index is 1.19. The molecule has 0 bridgehead atoms. The standard InChI is InChI=1S/C40H47F3N6O6S/c1-39(2,38-45-20-34(55-38)27-17-29(56-3)19-44-18-27)49-14-13-48(31(22-49)37(53)46-24-40(41,42)43)21-28(50)16-26(15-25-9-5-4-6-10-25)36(52)47-35-30-11-7-8-12-33(30)54-23-32(35)51/h4-12,17-20,26,28,31-32,35,50-51H,13-16,21-24H2,1-3H3,(H,46,53)(H,47,52)/t26-,28+,31+,32-,35+/m1/s1. The van der Waals surface area contributed by atoms with Gasteiger partial charge >= 0.3 is 6.18 Å². The second kappa shape index (κ2) is 17.8. The van der Waals surface area contributed by atoms with Gasteiger partial charge in [0.2, 0.25) is 17.7 Å². The van der Waals surface area contributed by atoms with Crippen LogP contribution >= 0.6 is 11.8 Å². The smallest absolute Gasteiger partial charge is 0.405 e. The summed E-state index contributed by atoms with van der Waals surface area (Å²) in [5, 5.41) is 27.4. The summed E-state index contributed by atoms with van der Waals surface area (Å²) in [6, 6.07) is 16.6. The van der Waals surface area contributed by atoms with Crippen LogP contribution in [-0.2, 0) is 21.5 Å². The molecule has 16 heteroatoms. The first-order chi connectivity index (χ1) is 26.7. The van der Waals surface area contributed by atoms with Gasteiger partial charge in [-0.1, -0.05) is 48.5 Å². The van der Waals surface area contributed by atoms with Crippen molar-refractivity contribution < 1.29 is 42.1 Å². The molecular weight excluding hydrogens is 750 g/mol. The van der Waals surface area contributed by atoms with Crippen molar-refractivity contribution >= 4 is 23.6 Å². The minimum atomic E-state index is -4.62. The highest BCUT2D eigenvalue weighted by Gasteiger charge is 2.43. The molecule has 1 saturated heterocycles. The molecule has 6 rings (SSSR count). The highest BCUT2D eigenvalue weighted by molar-refractivity contribution is 7.98. The number of pyridine rings is 1. The maximum atomic E-state index is 14.0. The fraction of sp³-hybridized carbons (Fsp3) is 0.450. The molecule has 12 nitrogen and oxygen atoms in total. The van der Waals surface area contributed by atoms with E-state index >= 15 is 0 Å². The Bertz CT molecular complexity index is 1950. The molecule has 0 radical (unpaired) electrons. The van der Waals surface area contributed by atoms with Crippen LogP contribution in [0.5, 0.6) is 5.75 Å². The van der Waals surface area contributed by atoms with E-state index in [1.807, 2.05) is 66.7 Å². The number of fused-ring (bicyclic) bond motifs is 1. The van der Waals surface area contributed by atoms with Crippen LogP contribution in [0.4, 0.5) is 13.2 Å². The van der Waals surface area contributed by atoms with Crippen molar-refractivity contribution in [3.63, 3.8) is 0 Å². The number of hydrogen-bond donors (Lipinski definition) is 4. The van der Waals surface area contributed by atoms with Crippen LogP contribution in [-0.4, -0.2) is 112 Å². The largest absolute Gasteiger partial charge is 0.490 e. The van der Waals surface area contributed by atoms with E-state index in [2.05, 4.69) is 15.3 Å². The number of rotatable bonds is 14. The number of carbonyl (C=O) groups is 2. The van der Waals surface area contributed by atoms with E-state index in [-0.39, 0.29) is 45.0 Å². The first-order valence-electron chi connectivity index (χ1n) is 18.4. The number of oxazole rings is 1. The molecule has 2 aromatic carbocycles. The number of aromatic nitrogens is 2. The van der Waals surface area contributed by atoms with Gasteiger partial charge in [0.05, 0.1) is 23.9 Å². The summed E-state index contributed by atoms with van der Waals surface area (Å²) >= 11 is 1.54. The molecule has 0 aliphatic carbocycles. The molecule has 5 atom stereocenters. The molecule has 4 N–H and O–H groups in total. The molecule has 300 valence electrons. The Kier molecular flexibility index (Phi) is 13.1. The lowest BCUT2D eigenvalue weighted by Crippen LogP contribution is -2.63. The SMILES string of the molecule is CSc1cncc(-c2cnc(C(C)(C)N3CCN(C[C@@H](O)C[C@@H](Cc4ccccc4)C(=O)N[C@H]4c5ccccc5OC[C@H]4O)[C@H](C(=O)NCC(F)(F)F)C3)o2)c1. The molecule has 2 aromatic heterocycles. The van der Waals surface area contributed by atoms with Crippen molar-refractivity contribution in [2.75, 3.05) is 45.6 Å². The van der Waals surface area contributed by atoms with Gasteiger partial charge in [-0.05, 0) is 50.6 Å². The Morgan fingerprint density at radius 2 is 1.80 bits per heavy atom. The van der Waals surface area contributed by atoms with Gasteiger partial charge in [0.1, 0.15) is 31.0 Å². The van der Waals surface area contributed by atoms with Crippen molar-refractivity contribution in [2.45, 2.75) is 67.6 Å². The van der Waals surface area contributed by atoms with Crippen molar-refractivity contribution in [1.29, 1.82) is 0 Å². The number of benzene rings is 2. The summed E-state index contributed by atoms with van der Waals surface area (Å²) in [5.74, 6) is -0.561. The Hall–Kier alpha value is -4.48.